The fourth-order valence-corrected chi connectivity index (χ4v) is 1.63. The topological polar surface area (TPSA) is 84.9 Å². The van der Waals surface area contributed by atoms with Gasteiger partial charge in [0.1, 0.15) is 17.6 Å². The zero-order valence-electron chi connectivity index (χ0n) is 11.7. The SMILES string of the molecule is COCCCC(NC(=O)COc1cccc(F)c1)C(=O)O. The lowest BCUT2D eigenvalue weighted by atomic mass is 10.1. The van der Waals surface area contributed by atoms with E-state index >= 15 is 0 Å². The van der Waals surface area contributed by atoms with Gasteiger partial charge in [-0.1, -0.05) is 6.07 Å². The number of amides is 1. The van der Waals surface area contributed by atoms with Crippen LogP contribution in [-0.4, -0.2) is 43.3 Å². The van der Waals surface area contributed by atoms with Gasteiger partial charge in [0.2, 0.25) is 0 Å². The number of carbonyl (C=O) groups is 2. The van der Waals surface area contributed by atoms with Crippen LogP contribution in [0.2, 0.25) is 0 Å². The summed E-state index contributed by atoms with van der Waals surface area (Å²) in [5.74, 6) is -1.97. The van der Waals surface area contributed by atoms with Gasteiger partial charge < -0.3 is 19.9 Å². The Morgan fingerprint density at radius 2 is 2.19 bits per heavy atom. The van der Waals surface area contributed by atoms with E-state index in [2.05, 4.69) is 5.32 Å². The largest absolute Gasteiger partial charge is 0.484 e. The number of carboxylic acid groups (broad SMARTS) is 1. The van der Waals surface area contributed by atoms with Gasteiger partial charge in [0.15, 0.2) is 6.61 Å². The summed E-state index contributed by atoms with van der Waals surface area (Å²) in [5.41, 5.74) is 0. The van der Waals surface area contributed by atoms with Crippen molar-refractivity contribution in [1.29, 1.82) is 0 Å². The maximum Gasteiger partial charge on any atom is 0.326 e. The van der Waals surface area contributed by atoms with Crippen LogP contribution in [-0.2, 0) is 14.3 Å². The lowest BCUT2D eigenvalue weighted by Crippen LogP contribution is -2.43. The molecule has 6 nitrogen and oxygen atoms in total. The Labute approximate surface area is 121 Å². The average Bonchev–Trinajstić information content (AvgIpc) is 2.44. The maximum absolute atomic E-state index is 12.9. The van der Waals surface area contributed by atoms with E-state index in [-0.39, 0.29) is 18.8 Å². The first-order valence-corrected chi connectivity index (χ1v) is 6.42. The predicted molar refractivity (Wildman–Crippen MR) is 72.6 cm³/mol. The third-order valence-corrected chi connectivity index (χ3v) is 2.64. The van der Waals surface area contributed by atoms with Crippen molar-refractivity contribution >= 4 is 11.9 Å². The molecular weight excluding hydrogens is 281 g/mol. The van der Waals surface area contributed by atoms with Crippen LogP contribution in [0.4, 0.5) is 4.39 Å². The molecule has 0 saturated heterocycles. The number of hydrogen-bond donors (Lipinski definition) is 2. The normalized spacial score (nSPS) is 11.7. The van der Waals surface area contributed by atoms with Gasteiger partial charge in [-0.2, -0.15) is 0 Å². The van der Waals surface area contributed by atoms with E-state index in [0.29, 0.717) is 13.0 Å². The van der Waals surface area contributed by atoms with Crippen LogP contribution in [0, 0.1) is 5.82 Å². The molecule has 0 aromatic heterocycles. The first-order valence-electron chi connectivity index (χ1n) is 6.42. The highest BCUT2D eigenvalue weighted by atomic mass is 19.1. The quantitative estimate of drug-likeness (QED) is 0.669. The molecule has 116 valence electrons. The molecule has 0 aliphatic heterocycles. The Bertz CT molecular complexity index is 480. The third kappa shape index (κ3) is 6.71. The van der Waals surface area contributed by atoms with Crippen molar-refractivity contribution in [3.63, 3.8) is 0 Å². The van der Waals surface area contributed by atoms with Gasteiger partial charge in [-0.15, -0.1) is 0 Å². The number of rotatable bonds is 9. The first kappa shape index (κ1) is 16.9. The highest BCUT2D eigenvalue weighted by molar-refractivity contribution is 5.84. The number of methoxy groups -OCH3 is 1. The number of benzene rings is 1. The molecule has 1 unspecified atom stereocenters. The van der Waals surface area contributed by atoms with E-state index in [1.54, 1.807) is 0 Å². The van der Waals surface area contributed by atoms with Crippen LogP contribution in [0.15, 0.2) is 24.3 Å². The standard InChI is InChI=1S/C14H18FNO5/c1-20-7-3-6-12(14(18)19)16-13(17)9-21-11-5-2-4-10(15)8-11/h2,4-5,8,12H,3,6-7,9H2,1H3,(H,16,17)(H,18,19). The first-order chi connectivity index (χ1) is 10.0. The number of nitrogens with one attached hydrogen (secondary N) is 1. The molecule has 0 aliphatic rings. The zero-order valence-corrected chi connectivity index (χ0v) is 11.7. The third-order valence-electron chi connectivity index (χ3n) is 2.64. The molecule has 1 aromatic carbocycles. The van der Waals surface area contributed by atoms with Gasteiger partial charge >= 0.3 is 5.97 Å². The minimum Gasteiger partial charge on any atom is -0.484 e. The highest BCUT2D eigenvalue weighted by Crippen LogP contribution is 2.11. The summed E-state index contributed by atoms with van der Waals surface area (Å²) in [6, 6.07) is 4.35. The van der Waals surface area contributed by atoms with E-state index in [1.165, 1.54) is 25.3 Å². The minimum atomic E-state index is -1.12. The Kier molecular flexibility index (Phi) is 7.17. The number of halogens is 1. The molecule has 0 aliphatic carbocycles. The summed E-state index contributed by atoms with van der Waals surface area (Å²) in [7, 11) is 1.52. The molecule has 0 saturated carbocycles. The monoisotopic (exact) mass is 299 g/mol. The van der Waals surface area contributed by atoms with Crippen LogP contribution < -0.4 is 10.1 Å². The molecule has 1 atom stereocenters. The van der Waals surface area contributed by atoms with Crippen LogP contribution in [0.25, 0.3) is 0 Å². The molecular formula is C14H18FNO5. The summed E-state index contributed by atoms with van der Waals surface area (Å²) < 4.78 is 22.8. The van der Waals surface area contributed by atoms with Crippen molar-refractivity contribution in [3.05, 3.63) is 30.1 Å². The summed E-state index contributed by atoms with van der Waals surface area (Å²) in [4.78, 5) is 22.6. The molecule has 1 rings (SSSR count). The fourth-order valence-electron chi connectivity index (χ4n) is 1.63. The smallest absolute Gasteiger partial charge is 0.326 e. The molecule has 2 N–H and O–H groups in total. The summed E-state index contributed by atoms with van der Waals surface area (Å²) in [6.45, 7) is 0.0386. The number of carbonyl (C=O) groups excluding carboxylic acids is 1. The van der Waals surface area contributed by atoms with Crippen molar-refractivity contribution in [3.8, 4) is 5.75 Å². The van der Waals surface area contributed by atoms with Gasteiger partial charge in [-0.25, -0.2) is 9.18 Å². The van der Waals surface area contributed by atoms with Gasteiger partial charge in [-0.3, -0.25) is 4.79 Å². The van der Waals surface area contributed by atoms with Crippen molar-refractivity contribution in [2.24, 2.45) is 0 Å². The second-order valence-corrected chi connectivity index (χ2v) is 4.34. The lowest BCUT2D eigenvalue weighted by molar-refractivity contribution is -0.142. The summed E-state index contributed by atoms with van der Waals surface area (Å²) >= 11 is 0. The number of hydrogen-bond acceptors (Lipinski definition) is 4. The molecule has 0 fully saturated rings. The van der Waals surface area contributed by atoms with Crippen molar-refractivity contribution in [2.45, 2.75) is 18.9 Å². The van der Waals surface area contributed by atoms with E-state index in [1.807, 2.05) is 0 Å². The van der Waals surface area contributed by atoms with E-state index in [9.17, 15) is 14.0 Å². The molecule has 0 bridgehead atoms. The van der Waals surface area contributed by atoms with Gasteiger partial charge in [0.05, 0.1) is 0 Å². The van der Waals surface area contributed by atoms with Gasteiger partial charge in [0, 0.05) is 19.8 Å². The molecule has 1 aromatic rings. The molecule has 1 amide bonds. The molecule has 0 radical (unpaired) electrons. The van der Waals surface area contributed by atoms with Crippen LogP contribution in [0.1, 0.15) is 12.8 Å². The highest BCUT2D eigenvalue weighted by Gasteiger charge is 2.19. The van der Waals surface area contributed by atoms with E-state index in [0.717, 1.165) is 6.07 Å². The number of aliphatic carboxylic acids is 1. The minimum absolute atomic E-state index is 0.205. The molecule has 0 heterocycles. The molecule has 21 heavy (non-hydrogen) atoms. The Hall–Kier alpha value is -2.15. The summed E-state index contributed by atoms with van der Waals surface area (Å²) in [6.07, 6.45) is 0.771. The van der Waals surface area contributed by atoms with E-state index in [4.69, 9.17) is 14.6 Å². The lowest BCUT2D eigenvalue weighted by Gasteiger charge is -2.14. The van der Waals surface area contributed by atoms with Gasteiger partial charge in [0.25, 0.3) is 5.91 Å². The van der Waals surface area contributed by atoms with Crippen molar-refractivity contribution in [1.82, 2.24) is 5.32 Å². The number of carboxylic acids is 1. The molecule has 0 spiro atoms. The van der Waals surface area contributed by atoms with E-state index < -0.39 is 23.7 Å². The maximum atomic E-state index is 12.9. The Morgan fingerprint density at radius 1 is 1.43 bits per heavy atom. The Morgan fingerprint density at radius 3 is 2.81 bits per heavy atom. The predicted octanol–water partition coefficient (Wildman–Crippen LogP) is 1.20. The Balaban J connectivity index is 2.41. The van der Waals surface area contributed by atoms with Crippen LogP contribution in [0.3, 0.4) is 0 Å². The van der Waals surface area contributed by atoms with Crippen LogP contribution in [0.5, 0.6) is 5.75 Å². The van der Waals surface area contributed by atoms with Crippen LogP contribution >= 0.6 is 0 Å². The molecule has 7 heteroatoms. The second kappa shape index (κ2) is 8.91. The number of ether oxygens (including phenoxy) is 2. The van der Waals surface area contributed by atoms with Gasteiger partial charge in [-0.05, 0) is 25.0 Å². The summed E-state index contributed by atoms with van der Waals surface area (Å²) in [5, 5.41) is 11.3. The zero-order chi connectivity index (χ0) is 15.7. The second-order valence-electron chi connectivity index (χ2n) is 4.34. The fraction of sp³-hybridized carbons (Fsp3) is 0.429. The van der Waals surface area contributed by atoms with Crippen molar-refractivity contribution in [2.75, 3.05) is 20.3 Å². The average molecular weight is 299 g/mol. The van der Waals surface area contributed by atoms with Crippen molar-refractivity contribution < 1.29 is 28.6 Å².